The average molecular weight is 325 g/mol. The van der Waals surface area contributed by atoms with E-state index in [2.05, 4.69) is 24.1 Å². The Morgan fingerprint density at radius 3 is 2.81 bits per heavy atom. The summed E-state index contributed by atoms with van der Waals surface area (Å²) < 4.78 is 14.1. The average Bonchev–Trinajstić information content (AvgIpc) is 2.44. The minimum absolute atomic E-state index is 0.205. The van der Waals surface area contributed by atoms with Crippen LogP contribution < -0.4 is 5.32 Å². The molecule has 0 bridgehead atoms. The molecule has 112 valence electrons. The zero-order valence-electron chi connectivity index (χ0n) is 12.1. The highest BCUT2D eigenvalue weighted by Gasteiger charge is 2.12. The quantitative estimate of drug-likeness (QED) is 0.828. The van der Waals surface area contributed by atoms with E-state index in [1.807, 2.05) is 6.07 Å². The van der Waals surface area contributed by atoms with Crippen LogP contribution >= 0.6 is 23.4 Å². The molecule has 0 saturated carbocycles. The van der Waals surface area contributed by atoms with Crippen molar-refractivity contribution in [2.45, 2.75) is 30.3 Å². The fourth-order valence-corrected chi connectivity index (χ4v) is 3.01. The Kier molecular flexibility index (Phi) is 6.03. The maximum Gasteiger partial charge on any atom is 0.128 e. The molecule has 1 aromatic heterocycles. The van der Waals surface area contributed by atoms with Gasteiger partial charge in [-0.3, -0.25) is 0 Å². The van der Waals surface area contributed by atoms with Crippen LogP contribution in [-0.4, -0.2) is 11.5 Å². The maximum atomic E-state index is 14.1. The fraction of sp³-hybridized carbons (Fsp3) is 0.312. The van der Waals surface area contributed by atoms with Crippen LogP contribution in [0, 0.1) is 11.7 Å². The van der Waals surface area contributed by atoms with Gasteiger partial charge in [-0.25, -0.2) is 9.37 Å². The highest BCUT2D eigenvalue weighted by atomic mass is 35.5. The van der Waals surface area contributed by atoms with Crippen molar-refractivity contribution in [3.8, 4) is 0 Å². The predicted molar refractivity (Wildman–Crippen MR) is 86.3 cm³/mol. The predicted octanol–water partition coefficient (Wildman–Crippen LogP) is 4.77. The monoisotopic (exact) mass is 324 g/mol. The number of nitrogens with one attached hydrogen (secondary N) is 1. The highest BCUT2D eigenvalue weighted by Crippen LogP contribution is 2.34. The third-order valence-electron chi connectivity index (χ3n) is 2.86. The largest absolute Gasteiger partial charge is 0.312 e. The molecule has 2 rings (SSSR count). The lowest BCUT2D eigenvalue weighted by Gasteiger charge is -2.12. The van der Waals surface area contributed by atoms with Crippen molar-refractivity contribution in [1.29, 1.82) is 0 Å². The van der Waals surface area contributed by atoms with Gasteiger partial charge in [-0.2, -0.15) is 0 Å². The molecule has 1 N–H and O–H groups in total. The number of rotatable bonds is 6. The van der Waals surface area contributed by atoms with Crippen molar-refractivity contribution in [2.75, 3.05) is 6.54 Å². The first-order valence-corrected chi connectivity index (χ1v) is 8.04. The van der Waals surface area contributed by atoms with Gasteiger partial charge in [0.2, 0.25) is 0 Å². The lowest BCUT2D eigenvalue weighted by Crippen LogP contribution is -2.20. The van der Waals surface area contributed by atoms with E-state index >= 15 is 0 Å². The molecular formula is C16H18ClFN2S. The second-order valence-electron chi connectivity index (χ2n) is 5.13. The number of benzene rings is 1. The van der Waals surface area contributed by atoms with Crippen LogP contribution in [0.1, 0.15) is 19.4 Å². The van der Waals surface area contributed by atoms with Gasteiger partial charge in [0.05, 0.1) is 5.02 Å². The van der Waals surface area contributed by atoms with Crippen molar-refractivity contribution < 1.29 is 4.39 Å². The summed E-state index contributed by atoms with van der Waals surface area (Å²) in [5.74, 6) is 0.321. The van der Waals surface area contributed by atoms with E-state index in [4.69, 9.17) is 11.6 Å². The van der Waals surface area contributed by atoms with Crippen LogP contribution in [-0.2, 0) is 6.54 Å². The topological polar surface area (TPSA) is 24.9 Å². The molecule has 21 heavy (non-hydrogen) atoms. The third kappa shape index (κ3) is 4.70. The minimum atomic E-state index is -0.205. The summed E-state index contributed by atoms with van der Waals surface area (Å²) in [5.41, 5.74) is 0.657. The molecule has 0 atom stereocenters. The molecule has 2 aromatic rings. The Morgan fingerprint density at radius 2 is 2.10 bits per heavy atom. The summed E-state index contributed by atoms with van der Waals surface area (Å²) in [6.45, 7) is 5.59. The molecule has 1 heterocycles. The molecule has 0 aliphatic rings. The summed E-state index contributed by atoms with van der Waals surface area (Å²) in [6, 6.07) is 8.65. The van der Waals surface area contributed by atoms with Crippen LogP contribution in [0.15, 0.2) is 46.5 Å². The van der Waals surface area contributed by atoms with Crippen molar-refractivity contribution in [2.24, 2.45) is 5.92 Å². The van der Waals surface area contributed by atoms with Crippen LogP contribution in [0.25, 0.3) is 0 Å². The van der Waals surface area contributed by atoms with Crippen LogP contribution in [0.5, 0.6) is 0 Å². The van der Waals surface area contributed by atoms with E-state index in [9.17, 15) is 4.39 Å². The second kappa shape index (κ2) is 7.78. The van der Waals surface area contributed by atoms with Crippen LogP contribution in [0.2, 0.25) is 5.02 Å². The van der Waals surface area contributed by atoms with E-state index < -0.39 is 0 Å². The van der Waals surface area contributed by atoms with E-state index in [1.54, 1.807) is 24.4 Å². The number of halogens is 2. The van der Waals surface area contributed by atoms with Crippen molar-refractivity contribution in [3.05, 3.63) is 52.9 Å². The Balaban J connectivity index is 2.19. The molecule has 0 aliphatic heterocycles. The van der Waals surface area contributed by atoms with E-state index in [0.29, 0.717) is 28.1 Å². The first kappa shape index (κ1) is 16.3. The van der Waals surface area contributed by atoms with Crippen molar-refractivity contribution in [3.63, 3.8) is 0 Å². The number of pyridine rings is 1. The summed E-state index contributed by atoms with van der Waals surface area (Å²) in [6.07, 6.45) is 1.68. The molecule has 5 heteroatoms. The van der Waals surface area contributed by atoms with Gasteiger partial charge in [0.1, 0.15) is 10.8 Å². The normalized spacial score (nSPS) is 11.1. The fourth-order valence-electron chi connectivity index (χ4n) is 1.84. The van der Waals surface area contributed by atoms with Gasteiger partial charge in [-0.1, -0.05) is 43.3 Å². The van der Waals surface area contributed by atoms with Crippen LogP contribution in [0.4, 0.5) is 4.39 Å². The first-order chi connectivity index (χ1) is 10.1. The molecule has 0 fully saturated rings. The minimum Gasteiger partial charge on any atom is -0.312 e. The number of hydrogen-bond acceptors (Lipinski definition) is 3. The molecule has 0 aliphatic carbocycles. The van der Waals surface area contributed by atoms with Gasteiger partial charge in [0.25, 0.3) is 0 Å². The van der Waals surface area contributed by atoms with Gasteiger partial charge < -0.3 is 5.32 Å². The number of nitrogens with zero attached hydrogens (tertiary/aromatic N) is 1. The van der Waals surface area contributed by atoms with Gasteiger partial charge >= 0.3 is 0 Å². The molecule has 0 radical (unpaired) electrons. The first-order valence-electron chi connectivity index (χ1n) is 6.84. The molecule has 1 aromatic carbocycles. The second-order valence-corrected chi connectivity index (χ2v) is 6.57. The zero-order chi connectivity index (χ0) is 15.2. The molecule has 0 saturated heterocycles. The third-order valence-corrected chi connectivity index (χ3v) is 4.40. The molecular weight excluding hydrogens is 307 g/mol. The molecule has 0 amide bonds. The SMILES string of the molecule is CC(C)CNCc1c(F)cccc1Sc1ncccc1Cl. The molecule has 0 spiro atoms. The van der Waals surface area contributed by atoms with Gasteiger partial charge in [-0.15, -0.1) is 0 Å². The van der Waals surface area contributed by atoms with Crippen LogP contribution in [0.3, 0.4) is 0 Å². The standard InChI is InChI=1S/C16H18ClFN2S/c1-11(2)9-19-10-12-14(18)6-3-7-15(12)21-16-13(17)5-4-8-20-16/h3-8,11,19H,9-10H2,1-2H3. The van der Waals surface area contributed by atoms with Gasteiger partial charge in [0, 0.05) is 23.2 Å². The van der Waals surface area contributed by atoms with Gasteiger partial charge in [-0.05, 0) is 36.7 Å². The van der Waals surface area contributed by atoms with E-state index in [1.165, 1.54) is 17.8 Å². The highest BCUT2D eigenvalue weighted by molar-refractivity contribution is 7.99. The Morgan fingerprint density at radius 1 is 1.29 bits per heavy atom. The summed E-state index contributed by atoms with van der Waals surface area (Å²) in [4.78, 5) is 5.08. The maximum absolute atomic E-state index is 14.1. The van der Waals surface area contributed by atoms with E-state index in [-0.39, 0.29) is 5.82 Å². The van der Waals surface area contributed by atoms with E-state index in [0.717, 1.165) is 11.4 Å². The number of aromatic nitrogens is 1. The summed E-state index contributed by atoms with van der Waals surface area (Å²) in [5, 5.41) is 4.54. The Labute approximate surface area is 134 Å². The zero-order valence-corrected chi connectivity index (χ0v) is 13.6. The van der Waals surface area contributed by atoms with Crippen molar-refractivity contribution >= 4 is 23.4 Å². The lowest BCUT2D eigenvalue weighted by atomic mass is 10.2. The summed E-state index contributed by atoms with van der Waals surface area (Å²) >= 11 is 7.51. The Bertz CT molecular complexity index is 605. The molecule has 2 nitrogen and oxygen atoms in total. The lowest BCUT2D eigenvalue weighted by molar-refractivity contribution is 0.530. The molecule has 0 unspecified atom stereocenters. The summed E-state index contributed by atoms with van der Waals surface area (Å²) in [7, 11) is 0. The van der Waals surface area contributed by atoms with Crippen molar-refractivity contribution in [1.82, 2.24) is 10.3 Å². The smallest absolute Gasteiger partial charge is 0.128 e. The number of hydrogen-bond donors (Lipinski definition) is 1. The Hall–Kier alpha value is -1.10. The van der Waals surface area contributed by atoms with Gasteiger partial charge in [0.15, 0.2) is 0 Å².